The van der Waals surface area contributed by atoms with Crippen LogP contribution in [-0.4, -0.2) is 15.8 Å². The second kappa shape index (κ2) is 5.34. The second-order valence-corrected chi connectivity index (χ2v) is 3.86. The number of Topliss-reactive ketones (excluding diaryl/α,β-unsaturated/α-hetero) is 1. The topological polar surface area (TPSA) is 42.9 Å². The number of benzene rings is 1. The van der Waals surface area contributed by atoms with Crippen molar-refractivity contribution in [1.82, 2.24) is 9.97 Å². The number of allylic oxidation sites excluding steroid dienone is 1. The van der Waals surface area contributed by atoms with Crippen molar-refractivity contribution in [2.24, 2.45) is 0 Å². The maximum absolute atomic E-state index is 11.9. The van der Waals surface area contributed by atoms with E-state index in [1.165, 1.54) is 0 Å². The van der Waals surface area contributed by atoms with E-state index in [4.69, 9.17) is 0 Å². The molecule has 1 aromatic heterocycles. The number of hydrogen-bond acceptors (Lipinski definition) is 3. The van der Waals surface area contributed by atoms with Crippen LogP contribution in [0.15, 0.2) is 43.2 Å². The van der Waals surface area contributed by atoms with Gasteiger partial charge in [0.05, 0.1) is 11.0 Å². The highest BCUT2D eigenvalue weighted by molar-refractivity contribution is 5.98. The first kappa shape index (κ1) is 11.5. The van der Waals surface area contributed by atoms with Gasteiger partial charge < -0.3 is 0 Å². The molecule has 1 aromatic carbocycles. The zero-order chi connectivity index (χ0) is 12.1. The maximum atomic E-state index is 11.9. The van der Waals surface area contributed by atoms with Crippen molar-refractivity contribution in [3.05, 3.63) is 48.8 Å². The minimum atomic E-state index is 0.152. The highest BCUT2D eigenvalue weighted by atomic mass is 16.1. The Kier molecular flexibility index (Phi) is 3.60. The first-order chi connectivity index (χ1) is 8.31. The average molecular weight is 226 g/mol. The van der Waals surface area contributed by atoms with Gasteiger partial charge in [-0.15, -0.1) is 6.58 Å². The summed E-state index contributed by atoms with van der Waals surface area (Å²) >= 11 is 0. The minimum Gasteiger partial charge on any atom is -0.294 e. The van der Waals surface area contributed by atoms with Gasteiger partial charge in [-0.2, -0.15) is 0 Å². The zero-order valence-corrected chi connectivity index (χ0v) is 9.60. The van der Waals surface area contributed by atoms with Crippen molar-refractivity contribution in [2.75, 3.05) is 0 Å². The number of rotatable bonds is 5. The van der Waals surface area contributed by atoms with Gasteiger partial charge in [0.2, 0.25) is 0 Å². The molecule has 3 heteroatoms. The molecule has 0 bridgehead atoms. The Morgan fingerprint density at radius 2 is 2.00 bits per heavy atom. The van der Waals surface area contributed by atoms with Crippen molar-refractivity contribution in [1.29, 1.82) is 0 Å². The van der Waals surface area contributed by atoms with Gasteiger partial charge in [-0.05, 0) is 31.0 Å². The molecule has 0 spiro atoms. The van der Waals surface area contributed by atoms with Crippen molar-refractivity contribution in [3.63, 3.8) is 0 Å². The lowest BCUT2D eigenvalue weighted by atomic mass is 10.0. The van der Waals surface area contributed by atoms with E-state index in [2.05, 4.69) is 16.5 Å². The maximum Gasteiger partial charge on any atom is 0.162 e. The molecule has 0 amide bonds. The normalized spacial score (nSPS) is 10.4. The molecule has 2 aromatic rings. The summed E-state index contributed by atoms with van der Waals surface area (Å²) in [7, 11) is 0. The van der Waals surface area contributed by atoms with Crippen LogP contribution in [-0.2, 0) is 0 Å². The molecule has 1 heterocycles. The summed E-state index contributed by atoms with van der Waals surface area (Å²) in [6, 6.07) is 5.45. The molecule has 0 aliphatic rings. The number of ketones is 1. The third kappa shape index (κ3) is 2.75. The zero-order valence-electron chi connectivity index (χ0n) is 9.60. The summed E-state index contributed by atoms with van der Waals surface area (Å²) in [5.74, 6) is 0.152. The summed E-state index contributed by atoms with van der Waals surface area (Å²) in [5, 5.41) is 0. The Morgan fingerprint density at radius 1 is 1.24 bits per heavy atom. The van der Waals surface area contributed by atoms with Gasteiger partial charge in [0.25, 0.3) is 0 Å². The Bertz CT molecular complexity index is 549. The summed E-state index contributed by atoms with van der Waals surface area (Å²) in [6.07, 6.45) is 7.39. The van der Waals surface area contributed by atoms with E-state index in [1.54, 1.807) is 18.5 Å². The van der Waals surface area contributed by atoms with Crippen LogP contribution in [0.4, 0.5) is 0 Å². The molecule has 0 aliphatic heterocycles. The Labute approximate surface area is 100 Å². The largest absolute Gasteiger partial charge is 0.294 e. The Balaban J connectivity index is 2.18. The number of aromatic nitrogens is 2. The predicted molar refractivity (Wildman–Crippen MR) is 67.9 cm³/mol. The molecule has 0 atom stereocenters. The lowest BCUT2D eigenvalue weighted by Crippen LogP contribution is -1.99. The average Bonchev–Trinajstić information content (AvgIpc) is 2.38. The summed E-state index contributed by atoms with van der Waals surface area (Å²) in [5.41, 5.74) is 2.29. The fourth-order valence-electron chi connectivity index (χ4n) is 1.69. The molecule has 0 unspecified atom stereocenters. The Morgan fingerprint density at radius 3 is 2.76 bits per heavy atom. The van der Waals surface area contributed by atoms with Crippen molar-refractivity contribution in [3.8, 4) is 0 Å². The SMILES string of the molecule is C=CCCCC(=O)c1ccc2nccnc2c1. The van der Waals surface area contributed by atoms with E-state index < -0.39 is 0 Å². The molecular formula is C14H14N2O. The van der Waals surface area contributed by atoms with Gasteiger partial charge in [0.1, 0.15) is 0 Å². The van der Waals surface area contributed by atoms with Gasteiger partial charge in [-0.25, -0.2) is 0 Å². The molecule has 2 rings (SSSR count). The molecule has 0 saturated carbocycles. The van der Waals surface area contributed by atoms with E-state index >= 15 is 0 Å². The first-order valence-corrected chi connectivity index (χ1v) is 5.66. The van der Waals surface area contributed by atoms with Crippen LogP contribution >= 0.6 is 0 Å². The van der Waals surface area contributed by atoms with Crippen molar-refractivity contribution < 1.29 is 4.79 Å². The van der Waals surface area contributed by atoms with Crippen LogP contribution < -0.4 is 0 Å². The lowest BCUT2D eigenvalue weighted by Gasteiger charge is -2.01. The van der Waals surface area contributed by atoms with Crippen molar-refractivity contribution >= 4 is 16.8 Å². The minimum absolute atomic E-state index is 0.152. The molecule has 0 N–H and O–H groups in total. The first-order valence-electron chi connectivity index (χ1n) is 5.66. The van der Waals surface area contributed by atoms with Gasteiger partial charge in [-0.1, -0.05) is 6.08 Å². The number of carbonyl (C=O) groups is 1. The lowest BCUT2D eigenvalue weighted by molar-refractivity contribution is 0.0980. The van der Waals surface area contributed by atoms with Crippen LogP contribution in [0.2, 0.25) is 0 Å². The molecule has 0 aliphatic carbocycles. The number of carbonyl (C=O) groups excluding carboxylic acids is 1. The summed E-state index contributed by atoms with van der Waals surface area (Å²) < 4.78 is 0. The van der Waals surface area contributed by atoms with Crippen LogP contribution in [0.3, 0.4) is 0 Å². The van der Waals surface area contributed by atoms with Crippen LogP contribution in [0.5, 0.6) is 0 Å². The highest BCUT2D eigenvalue weighted by Crippen LogP contribution is 2.13. The predicted octanol–water partition coefficient (Wildman–Crippen LogP) is 3.17. The number of fused-ring (bicyclic) bond motifs is 1. The second-order valence-electron chi connectivity index (χ2n) is 3.86. The van der Waals surface area contributed by atoms with Gasteiger partial charge >= 0.3 is 0 Å². The molecule has 0 fully saturated rings. The summed E-state index contributed by atoms with van der Waals surface area (Å²) in [6.45, 7) is 3.64. The van der Waals surface area contributed by atoms with Crippen LogP contribution in [0.1, 0.15) is 29.6 Å². The molecular weight excluding hydrogens is 212 g/mol. The van der Waals surface area contributed by atoms with E-state index in [9.17, 15) is 4.79 Å². The molecule has 17 heavy (non-hydrogen) atoms. The fraction of sp³-hybridized carbons (Fsp3) is 0.214. The highest BCUT2D eigenvalue weighted by Gasteiger charge is 2.06. The van der Waals surface area contributed by atoms with E-state index in [-0.39, 0.29) is 5.78 Å². The smallest absolute Gasteiger partial charge is 0.162 e. The van der Waals surface area contributed by atoms with Gasteiger partial charge in [0, 0.05) is 24.4 Å². The van der Waals surface area contributed by atoms with E-state index in [1.807, 2.05) is 18.2 Å². The fourth-order valence-corrected chi connectivity index (χ4v) is 1.69. The van der Waals surface area contributed by atoms with Gasteiger partial charge in [-0.3, -0.25) is 14.8 Å². The summed E-state index contributed by atoms with van der Waals surface area (Å²) in [4.78, 5) is 20.2. The van der Waals surface area contributed by atoms with E-state index in [0.29, 0.717) is 12.0 Å². The third-order valence-electron chi connectivity index (χ3n) is 2.60. The quantitative estimate of drug-likeness (QED) is 0.447. The number of hydrogen-bond donors (Lipinski definition) is 0. The van der Waals surface area contributed by atoms with E-state index in [0.717, 1.165) is 23.9 Å². The standard InChI is InChI=1S/C14H14N2O/c1-2-3-4-5-14(17)11-6-7-12-13(10-11)16-9-8-15-12/h2,6-10H,1,3-5H2. The number of nitrogens with zero attached hydrogens (tertiary/aromatic N) is 2. The third-order valence-corrected chi connectivity index (χ3v) is 2.60. The van der Waals surface area contributed by atoms with Crippen LogP contribution in [0.25, 0.3) is 11.0 Å². The number of unbranched alkanes of at least 4 members (excludes halogenated alkanes) is 1. The van der Waals surface area contributed by atoms with Crippen molar-refractivity contribution in [2.45, 2.75) is 19.3 Å². The molecule has 0 saturated heterocycles. The van der Waals surface area contributed by atoms with Crippen LogP contribution in [0, 0.1) is 0 Å². The Hall–Kier alpha value is -2.03. The van der Waals surface area contributed by atoms with Gasteiger partial charge in [0.15, 0.2) is 5.78 Å². The molecule has 0 radical (unpaired) electrons. The molecule has 3 nitrogen and oxygen atoms in total. The molecule has 86 valence electrons. The monoisotopic (exact) mass is 226 g/mol.